The van der Waals surface area contributed by atoms with Crippen molar-refractivity contribution < 1.29 is 19.2 Å². The van der Waals surface area contributed by atoms with Gasteiger partial charge in [-0.3, -0.25) is 4.79 Å². The van der Waals surface area contributed by atoms with Crippen LogP contribution in [0.5, 0.6) is 0 Å². The summed E-state index contributed by atoms with van der Waals surface area (Å²) in [6, 6.07) is 9.19. The van der Waals surface area contributed by atoms with E-state index in [0.29, 0.717) is 0 Å². The quantitative estimate of drug-likeness (QED) is 0.504. The van der Waals surface area contributed by atoms with E-state index in [1.54, 1.807) is 6.08 Å². The molecular weight excluding hydrogens is 246 g/mol. The molecule has 1 rings (SSSR count). The summed E-state index contributed by atoms with van der Waals surface area (Å²) in [5, 5.41) is 0. The van der Waals surface area contributed by atoms with Gasteiger partial charge in [-0.05, 0) is 12.0 Å². The van der Waals surface area contributed by atoms with Crippen molar-refractivity contribution in [3.8, 4) is 0 Å². The van der Waals surface area contributed by atoms with E-state index in [0.717, 1.165) is 12.0 Å². The van der Waals surface area contributed by atoms with Crippen LogP contribution in [-0.4, -0.2) is 12.1 Å². The van der Waals surface area contributed by atoms with E-state index in [9.17, 15) is 9.59 Å². The van der Waals surface area contributed by atoms with Crippen LogP contribution < -0.4 is 5.48 Å². The molecule has 102 valence electrons. The molecule has 0 aliphatic carbocycles. The molecular formula is C14H17NO4. The Labute approximate surface area is 112 Å². The van der Waals surface area contributed by atoms with Crippen molar-refractivity contribution in [2.75, 3.05) is 0 Å². The number of hydrogen-bond donors (Lipinski definition) is 1. The van der Waals surface area contributed by atoms with Crippen LogP contribution in [0.4, 0.5) is 4.79 Å². The average Bonchev–Trinajstić information content (AvgIpc) is 2.44. The second-order valence-corrected chi connectivity index (χ2v) is 3.74. The maximum atomic E-state index is 11.2. The lowest BCUT2D eigenvalue weighted by atomic mass is 10.2. The molecule has 0 unspecified atom stereocenters. The highest BCUT2D eigenvalue weighted by atomic mass is 16.8. The summed E-state index contributed by atoms with van der Waals surface area (Å²) in [6.45, 7) is 2.07. The zero-order valence-electron chi connectivity index (χ0n) is 10.8. The van der Waals surface area contributed by atoms with Crippen LogP contribution in [0.15, 0.2) is 42.5 Å². The van der Waals surface area contributed by atoms with Crippen LogP contribution in [0.1, 0.15) is 25.3 Å². The summed E-state index contributed by atoms with van der Waals surface area (Å²) in [7, 11) is 0. The Morgan fingerprint density at radius 3 is 2.63 bits per heavy atom. The Hall–Kier alpha value is -2.30. The lowest BCUT2D eigenvalue weighted by Gasteiger charge is -2.05. The van der Waals surface area contributed by atoms with Crippen molar-refractivity contribution in [3.63, 3.8) is 0 Å². The number of allylic oxidation sites excluding steroid dienone is 1. The lowest BCUT2D eigenvalue weighted by Crippen LogP contribution is -2.26. The van der Waals surface area contributed by atoms with Crippen LogP contribution in [0, 0.1) is 0 Å². The number of hydrogen-bond acceptors (Lipinski definition) is 4. The van der Waals surface area contributed by atoms with Crippen molar-refractivity contribution in [3.05, 3.63) is 48.0 Å². The number of benzene rings is 1. The van der Waals surface area contributed by atoms with Gasteiger partial charge < -0.3 is 9.57 Å². The van der Waals surface area contributed by atoms with E-state index in [-0.39, 0.29) is 13.0 Å². The Morgan fingerprint density at radius 2 is 1.95 bits per heavy atom. The molecule has 0 aliphatic heterocycles. The maximum absolute atomic E-state index is 11.2. The number of hydroxylamine groups is 1. The molecule has 0 aromatic heterocycles. The van der Waals surface area contributed by atoms with Gasteiger partial charge in [0.25, 0.3) is 5.91 Å². The number of carbonyl (C=O) groups is 2. The van der Waals surface area contributed by atoms with Crippen LogP contribution in [-0.2, 0) is 21.0 Å². The Bertz CT molecular complexity index is 428. The molecule has 1 amide bonds. The topological polar surface area (TPSA) is 64.6 Å². The molecule has 19 heavy (non-hydrogen) atoms. The standard InChI is InChI=1S/C14H17NO4/c1-2-3-5-10-13(16)15-19-14(17)18-11-12-8-6-4-7-9-12/h3-9H,2,10-11H2,1H3,(H,15,16)/b5-3+. The van der Waals surface area contributed by atoms with E-state index < -0.39 is 12.1 Å². The van der Waals surface area contributed by atoms with Crippen molar-refractivity contribution >= 4 is 12.1 Å². The third-order valence-corrected chi connectivity index (χ3v) is 2.15. The Kier molecular flexibility index (Phi) is 6.79. The minimum Gasteiger partial charge on any atom is -0.428 e. The summed E-state index contributed by atoms with van der Waals surface area (Å²) in [5.41, 5.74) is 2.86. The van der Waals surface area contributed by atoms with Gasteiger partial charge >= 0.3 is 6.16 Å². The minimum atomic E-state index is -0.934. The van der Waals surface area contributed by atoms with Gasteiger partial charge in [-0.2, -0.15) is 5.48 Å². The SMILES string of the molecule is CC/C=C/CC(=O)NOC(=O)OCc1ccccc1. The zero-order chi connectivity index (χ0) is 13.9. The van der Waals surface area contributed by atoms with Crippen LogP contribution in [0.25, 0.3) is 0 Å². The summed E-state index contributed by atoms with van der Waals surface area (Å²) in [6.07, 6.45) is 3.64. The van der Waals surface area contributed by atoms with Gasteiger partial charge in [0, 0.05) is 6.42 Å². The van der Waals surface area contributed by atoms with Crippen molar-refractivity contribution in [2.24, 2.45) is 0 Å². The first-order valence-corrected chi connectivity index (χ1v) is 6.03. The molecule has 0 saturated carbocycles. The molecule has 0 bridgehead atoms. The lowest BCUT2D eigenvalue weighted by molar-refractivity contribution is -0.130. The third-order valence-electron chi connectivity index (χ3n) is 2.15. The Balaban J connectivity index is 2.17. The minimum absolute atomic E-state index is 0.102. The smallest absolute Gasteiger partial charge is 0.428 e. The molecule has 1 aromatic rings. The molecule has 0 spiro atoms. The van der Waals surface area contributed by atoms with Crippen molar-refractivity contribution in [1.82, 2.24) is 5.48 Å². The zero-order valence-corrected chi connectivity index (χ0v) is 10.8. The van der Waals surface area contributed by atoms with Gasteiger partial charge in [0.05, 0.1) is 0 Å². The van der Waals surface area contributed by atoms with Crippen molar-refractivity contribution in [1.29, 1.82) is 0 Å². The number of nitrogens with one attached hydrogen (secondary N) is 1. The van der Waals surface area contributed by atoms with Crippen molar-refractivity contribution in [2.45, 2.75) is 26.4 Å². The van der Waals surface area contributed by atoms with Crippen LogP contribution in [0.2, 0.25) is 0 Å². The molecule has 0 heterocycles. The summed E-state index contributed by atoms with van der Waals surface area (Å²) < 4.78 is 4.81. The molecule has 1 aromatic carbocycles. The van der Waals surface area contributed by atoms with Gasteiger partial charge in [-0.1, -0.05) is 49.4 Å². The highest BCUT2D eigenvalue weighted by molar-refractivity contribution is 5.77. The number of carbonyl (C=O) groups excluding carboxylic acids is 2. The van der Waals surface area contributed by atoms with E-state index in [2.05, 4.69) is 4.84 Å². The normalized spacial score (nSPS) is 10.2. The number of amides is 1. The highest BCUT2D eigenvalue weighted by Crippen LogP contribution is 2.01. The number of rotatable bonds is 5. The third kappa shape index (κ3) is 6.88. The first-order valence-electron chi connectivity index (χ1n) is 6.03. The van der Waals surface area contributed by atoms with E-state index in [1.807, 2.05) is 48.8 Å². The van der Waals surface area contributed by atoms with Gasteiger partial charge in [0.15, 0.2) is 0 Å². The predicted octanol–water partition coefficient (Wildman–Crippen LogP) is 2.73. The van der Waals surface area contributed by atoms with E-state index >= 15 is 0 Å². The average molecular weight is 263 g/mol. The van der Waals surface area contributed by atoms with E-state index in [4.69, 9.17) is 4.74 Å². The monoisotopic (exact) mass is 263 g/mol. The number of ether oxygens (including phenoxy) is 1. The fraction of sp³-hybridized carbons (Fsp3) is 0.286. The molecule has 0 fully saturated rings. The molecule has 1 N–H and O–H groups in total. The van der Waals surface area contributed by atoms with Crippen LogP contribution in [0.3, 0.4) is 0 Å². The second kappa shape index (κ2) is 8.74. The largest absolute Gasteiger partial charge is 0.533 e. The molecule has 5 heteroatoms. The molecule has 0 atom stereocenters. The van der Waals surface area contributed by atoms with Gasteiger partial charge in [0.1, 0.15) is 6.61 Å². The summed E-state index contributed by atoms with van der Waals surface area (Å²) >= 11 is 0. The molecule has 5 nitrogen and oxygen atoms in total. The van der Waals surface area contributed by atoms with Gasteiger partial charge in [-0.15, -0.1) is 0 Å². The molecule has 0 radical (unpaired) electrons. The molecule has 0 aliphatic rings. The second-order valence-electron chi connectivity index (χ2n) is 3.74. The fourth-order valence-corrected chi connectivity index (χ4v) is 1.24. The van der Waals surface area contributed by atoms with Gasteiger partial charge in [-0.25, -0.2) is 4.79 Å². The maximum Gasteiger partial charge on any atom is 0.533 e. The Morgan fingerprint density at radius 1 is 1.21 bits per heavy atom. The van der Waals surface area contributed by atoms with Crippen LogP contribution >= 0.6 is 0 Å². The first kappa shape index (κ1) is 14.8. The molecule has 0 saturated heterocycles. The highest BCUT2D eigenvalue weighted by Gasteiger charge is 2.07. The summed E-state index contributed by atoms with van der Waals surface area (Å²) in [5.74, 6) is -0.402. The predicted molar refractivity (Wildman–Crippen MR) is 69.9 cm³/mol. The summed E-state index contributed by atoms with van der Waals surface area (Å²) in [4.78, 5) is 26.8. The first-order chi connectivity index (χ1) is 9.22. The van der Waals surface area contributed by atoms with Gasteiger partial charge in [0.2, 0.25) is 0 Å². The van der Waals surface area contributed by atoms with E-state index in [1.165, 1.54) is 0 Å². The fourth-order valence-electron chi connectivity index (χ4n) is 1.24.